The van der Waals surface area contributed by atoms with Crippen molar-refractivity contribution in [2.45, 2.75) is 20.3 Å². The lowest BCUT2D eigenvalue weighted by Crippen LogP contribution is -2.28. The molecule has 1 aromatic rings. The van der Waals surface area contributed by atoms with Crippen LogP contribution in [-0.2, 0) is 0 Å². The van der Waals surface area contributed by atoms with Gasteiger partial charge in [-0.2, -0.15) is 4.57 Å². The summed E-state index contributed by atoms with van der Waals surface area (Å²) in [5, 5.41) is 0. The first-order valence-corrected chi connectivity index (χ1v) is 4.64. The quantitative estimate of drug-likeness (QED) is 0.490. The second kappa shape index (κ2) is 5.31. The van der Waals surface area contributed by atoms with Gasteiger partial charge in [0.1, 0.15) is 0 Å². The van der Waals surface area contributed by atoms with Crippen molar-refractivity contribution in [3.05, 3.63) is 48.3 Å². The van der Waals surface area contributed by atoms with Crippen LogP contribution in [0.2, 0.25) is 0 Å². The van der Waals surface area contributed by atoms with E-state index in [9.17, 15) is 0 Å². The first kappa shape index (κ1) is 9.72. The number of hydrogen-bond acceptors (Lipinski definition) is 0. The highest BCUT2D eigenvalue weighted by Gasteiger charge is 1.96. The Bertz CT molecular complexity index is 311. The van der Waals surface area contributed by atoms with E-state index in [-0.39, 0.29) is 0 Å². The molecule has 0 saturated carbocycles. The van der Waals surface area contributed by atoms with E-state index in [4.69, 9.17) is 0 Å². The van der Waals surface area contributed by atoms with Gasteiger partial charge >= 0.3 is 0 Å². The smallest absolute Gasteiger partial charge is 0.171 e. The Labute approximate surface area is 80.0 Å². The summed E-state index contributed by atoms with van der Waals surface area (Å²) in [5.74, 6) is 0. The number of nitrogens with zero attached hydrogens (tertiary/aromatic N) is 1. The minimum absolute atomic E-state index is 1.09. The average molecular weight is 174 g/mol. The van der Waals surface area contributed by atoms with Crippen LogP contribution >= 0.6 is 0 Å². The molecule has 0 aliphatic carbocycles. The highest BCUT2D eigenvalue weighted by Crippen LogP contribution is 1.88. The summed E-state index contributed by atoms with van der Waals surface area (Å²) in [5.41, 5.74) is 1.24. The van der Waals surface area contributed by atoms with Gasteiger partial charge in [-0.15, -0.1) is 0 Å². The third-order valence-corrected chi connectivity index (χ3v) is 1.83. The minimum Gasteiger partial charge on any atom is -0.171 e. The zero-order chi connectivity index (χ0) is 9.52. The zero-order valence-electron chi connectivity index (χ0n) is 8.27. The summed E-state index contributed by atoms with van der Waals surface area (Å²) in [6.45, 7) is 4.22. The molecule has 1 heteroatoms. The summed E-state index contributed by atoms with van der Waals surface area (Å²) in [6, 6.07) is 6.16. The number of rotatable bonds is 3. The molecule has 0 aliphatic rings. The van der Waals surface area contributed by atoms with Gasteiger partial charge in [0, 0.05) is 25.1 Å². The van der Waals surface area contributed by atoms with E-state index in [0.717, 1.165) is 6.42 Å². The molecule has 0 fully saturated rings. The molecule has 0 aliphatic heterocycles. The number of aromatic nitrogens is 1. The molecule has 0 radical (unpaired) electrons. The van der Waals surface area contributed by atoms with Crippen molar-refractivity contribution in [1.82, 2.24) is 0 Å². The standard InChI is InChI=1S/C12H16N/c1-3-4-5-7-10-13-11-8-6-9-12(13)2/h4-11H,3H2,1-2H3/q+1/b5-4+,10-7+. The molecule has 0 amide bonds. The Balaban J connectivity index is 2.68. The molecular weight excluding hydrogens is 158 g/mol. The highest BCUT2D eigenvalue weighted by atomic mass is 14.9. The molecular formula is C12H16N+. The van der Waals surface area contributed by atoms with Crippen LogP contribution in [0.25, 0.3) is 6.20 Å². The Morgan fingerprint density at radius 3 is 2.85 bits per heavy atom. The van der Waals surface area contributed by atoms with Crippen molar-refractivity contribution in [2.75, 3.05) is 0 Å². The monoisotopic (exact) mass is 174 g/mol. The Morgan fingerprint density at radius 2 is 2.15 bits per heavy atom. The van der Waals surface area contributed by atoms with Gasteiger partial charge in [0.05, 0.1) is 0 Å². The van der Waals surface area contributed by atoms with E-state index in [0.29, 0.717) is 0 Å². The van der Waals surface area contributed by atoms with Crippen LogP contribution in [0.3, 0.4) is 0 Å². The van der Waals surface area contributed by atoms with Crippen molar-refractivity contribution < 1.29 is 4.57 Å². The van der Waals surface area contributed by atoms with Crippen molar-refractivity contribution in [3.8, 4) is 0 Å². The molecule has 0 bridgehead atoms. The summed E-state index contributed by atoms with van der Waals surface area (Å²) in [6.07, 6.45) is 11.4. The van der Waals surface area contributed by atoms with Crippen molar-refractivity contribution in [1.29, 1.82) is 0 Å². The molecule has 0 saturated heterocycles. The zero-order valence-corrected chi connectivity index (χ0v) is 8.27. The topological polar surface area (TPSA) is 3.88 Å². The van der Waals surface area contributed by atoms with Gasteiger partial charge in [0.25, 0.3) is 0 Å². The second-order valence-corrected chi connectivity index (χ2v) is 2.93. The summed E-state index contributed by atoms with van der Waals surface area (Å²) >= 11 is 0. The molecule has 1 aromatic heterocycles. The van der Waals surface area contributed by atoms with Gasteiger partial charge in [-0.05, 0) is 6.42 Å². The van der Waals surface area contributed by atoms with Crippen LogP contribution in [0.1, 0.15) is 19.0 Å². The SMILES string of the molecule is CC/C=C/C=C/[n+]1ccccc1C. The lowest BCUT2D eigenvalue weighted by atomic mass is 10.3. The number of hydrogen-bond donors (Lipinski definition) is 0. The van der Waals surface area contributed by atoms with Gasteiger partial charge in [-0.1, -0.05) is 25.1 Å². The maximum atomic E-state index is 2.13. The number of pyridine rings is 1. The van der Waals surface area contributed by atoms with E-state index >= 15 is 0 Å². The Morgan fingerprint density at radius 1 is 1.31 bits per heavy atom. The molecule has 0 aromatic carbocycles. The lowest BCUT2D eigenvalue weighted by molar-refractivity contribution is -0.575. The highest BCUT2D eigenvalue weighted by molar-refractivity contribution is 5.17. The fourth-order valence-corrected chi connectivity index (χ4v) is 1.07. The Kier molecular flexibility index (Phi) is 3.97. The Hall–Kier alpha value is -1.37. The molecule has 0 atom stereocenters. The molecule has 1 heterocycles. The number of aryl methyl sites for hydroxylation is 1. The lowest BCUT2D eigenvalue weighted by Gasteiger charge is -1.89. The van der Waals surface area contributed by atoms with Crippen LogP contribution in [-0.4, -0.2) is 0 Å². The van der Waals surface area contributed by atoms with E-state index in [1.54, 1.807) is 0 Å². The van der Waals surface area contributed by atoms with Crippen molar-refractivity contribution in [3.63, 3.8) is 0 Å². The largest absolute Gasteiger partial charge is 0.183 e. The van der Waals surface area contributed by atoms with E-state index in [2.05, 4.69) is 48.9 Å². The van der Waals surface area contributed by atoms with Gasteiger partial charge < -0.3 is 0 Å². The van der Waals surface area contributed by atoms with E-state index in [1.807, 2.05) is 18.3 Å². The van der Waals surface area contributed by atoms with Gasteiger partial charge in [0.15, 0.2) is 18.1 Å². The van der Waals surface area contributed by atoms with Crippen LogP contribution in [0.5, 0.6) is 0 Å². The first-order valence-electron chi connectivity index (χ1n) is 4.64. The average Bonchev–Trinajstić information content (AvgIpc) is 2.15. The van der Waals surface area contributed by atoms with Crippen LogP contribution in [0, 0.1) is 6.92 Å². The van der Waals surface area contributed by atoms with Crippen LogP contribution in [0.15, 0.2) is 42.6 Å². The summed E-state index contributed by atoms with van der Waals surface area (Å²) < 4.78 is 2.10. The van der Waals surface area contributed by atoms with E-state index in [1.165, 1.54) is 5.69 Å². The fourth-order valence-electron chi connectivity index (χ4n) is 1.07. The molecule has 68 valence electrons. The minimum atomic E-state index is 1.09. The molecule has 1 nitrogen and oxygen atoms in total. The summed E-state index contributed by atoms with van der Waals surface area (Å²) in [4.78, 5) is 0. The maximum absolute atomic E-state index is 2.13. The second-order valence-electron chi connectivity index (χ2n) is 2.93. The number of allylic oxidation sites excluding steroid dienone is 3. The van der Waals surface area contributed by atoms with Crippen molar-refractivity contribution >= 4 is 6.20 Å². The molecule has 1 rings (SSSR count). The molecule has 13 heavy (non-hydrogen) atoms. The molecule has 0 spiro atoms. The predicted octanol–water partition coefficient (Wildman–Crippen LogP) is 2.72. The third-order valence-electron chi connectivity index (χ3n) is 1.83. The van der Waals surface area contributed by atoms with E-state index < -0.39 is 0 Å². The van der Waals surface area contributed by atoms with Gasteiger partial charge in [-0.3, -0.25) is 0 Å². The summed E-state index contributed by atoms with van der Waals surface area (Å²) in [7, 11) is 0. The van der Waals surface area contributed by atoms with Gasteiger partial charge in [-0.25, -0.2) is 0 Å². The predicted molar refractivity (Wildman–Crippen MR) is 56.1 cm³/mol. The van der Waals surface area contributed by atoms with Crippen molar-refractivity contribution in [2.24, 2.45) is 0 Å². The van der Waals surface area contributed by atoms with Gasteiger partial charge in [0.2, 0.25) is 0 Å². The van der Waals surface area contributed by atoms with Crippen LogP contribution in [0.4, 0.5) is 0 Å². The molecule has 0 N–H and O–H groups in total. The fraction of sp³-hybridized carbons (Fsp3) is 0.250. The normalized spacial score (nSPS) is 11.5. The first-order chi connectivity index (χ1) is 6.34. The molecule has 0 unspecified atom stereocenters. The maximum Gasteiger partial charge on any atom is 0.183 e. The van der Waals surface area contributed by atoms with Crippen LogP contribution < -0.4 is 4.57 Å². The third kappa shape index (κ3) is 3.24.